The lowest BCUT2D eigenvalue weighted by atomic mass is 10.1. The van der Waals surface area contributed by atoms with Crippen molar-refractivity contribution in [2.75, 3.05) is 11.9 Å². The summed E-state index contributed by atoms with van der Waals surface area (Å²) in [5.41, 5.74) is 0.768. The zero-order valence-corrected chi connectivity index (χ0v) is 13.7. The Morgan fingerprint density at radius 1 is 1.38 bits per heavy atom. The Hall–Kier alpha value is -1.06. The van der Waals surface area contributed by atoms with E-state index >= 15 is 0 Å². The van der Waals surface area contributed by atoms with Gasteiger partial charge in [-0.1, -0.05) is 30.5 Å². The zero-order chi connectivity index (χ0) is 15.2. The monoisotopic (exact) mass is 308 g/mol. The first-order valence-electron chi connectivity index (χ1n) is 7.87. The van der Waals surface area contributed by atoms with Crippen LogP contribution in [-0.4, -0.2) is 29.4 Å². The van der Waals surface area contributed by atoms with Crippen LogP contribution in [0.15, 0.2) is 24.3 Å². The molecule has 0 bridgehead atoms. The van der Waals surface area contributed by atoms with Gasteiger partial charge in [0.2, 0.25) is 5.91 Å². The van der Waals surface area contributed by atoms with Gasteiger partial charge in [0, 0.05) is 35.8 Å². The lowest BCUT2D eigenvalue weighted by Gasteiger charge is -2.32. The summed E-state index contributed by atoms with van der Waals surface area (Å²) < 4.78 is 0. The fourth-order valence-corrected chi connectivity index (χ4v) is 3.31. The number of nitrogens with zero attached hydrogens (tertiary/aromatic N) is 1. The summed E-state index contributed by atoms with van der Waals surface area (Å²) >= 11 is 5.92. The van der Waals surface area contributed by atoms with E-state index in [1.165, 1.54) is 25.7 Å². The van der Waals surface area contributed by atoms with Gasteiger partial charge in [0.1, 0.15) is 0 Å². The van der Waals surface area contributed by atoms with Crippen molar-refractivity contribution in [2.45, 2.75) is 58.0 Å². The van der Waals surface area contributed by atoms with E-state index in [1.54, 1.807) is 12.1 Å². The highest BCUT2D eigenvalue weighted by Crippen LogP contribution is 2.25. The molecule has 0 aliphatic heterocycles. The SMILES string of the molecule is CC(C)N(CCC(=O)Nc1cccc(Cl)c1)C1CCCC1. The lowest BCUT2D eigenvalue weighted by Crippen LogP contribution is -2.40. The molecule has 21 heavy (non-hydrogen) atoms. The van der Waals surface area contributed by atoms with Crippen molar-refractivity contribution in [2.24, 2.45) is 0 Å². The molecule has 1 aliphatic carbocycles. The highest BCUT2D eigenvalue weighted by Gasteiger charge is 2.24. The van der Waals surface area contributed by atoms with E-state index in [9.17, 15) is 4.79 Å². The standard InChI is InChI=1S/C17H25ClN2O/c1-13(2)20(16-8-3-4-9-16)11-10-17(21)19-15-7-5-6-14(18)12-15/h5-7,12-13,16H,3-4,8-11H2,1-2H3,(H,19,21). The molecule has 1 fully saturated rings. The molecule has 0 heterocycles. The van der Waals surface area contributed by atoms with Crippen LogP contribution in [0, 0.1) is 0 Å². The summed E-state index contributed by atoms with van der Waals surface area (Å²) in [4.78, 5) is 14.6. The second kappa shape index (κ2) is 7.81. The van der Waals surface area contributed by atoms with Crippen molar-refractivity contribution < 1.29 is 4.79 Å². The van der Waals surface area contributed by atoms with Crippen molar-refractivity contribution in [3.05, 3.63) is 29.3 Å². The minimum atomic E-state index is 0.0564. The van der Waals surface area contributed by atoms with Crippen LogP contribution in [-0.2, 0) is 4.79 Å². The molecule has 1 aliphatic rings. The fourth-order valence-electron chi connectivity index (χ4n) is 3.12. The number of carbonyl (C=O) groups excluding carboxylic acids is 1. The highest BCUT2D eigenvalue weighted by molar-refractivity contribution is 6.30. The molecule has 1 N–H and O–H groups in total. The number of benzene rings is 1. The Morgan fingerprint density at radius 3 is 2.71 bits per heavy atom. The number of anilines is 1. The molecule has 2 rings (SSSR count). The van der Waals surface area contributed by atoms with E-state index in [2.05, 4.69) is 24.1 Å². The number of hydrogen-bond donors (Lipinski definition) is 1. The minimum absolute atomic E-state index is 0.0564. The summed E-state index contributed by atoms with van der Waals surface area (Å²) in [5, 5.41) is 3.56. The van der Waals surface area contributed by atoms with Gasteiger partial charge in [0.25, 0.3) is 0 Å². The molecule has 0 spiro atoms. The average molecular weight is 309 g/mol. The van der Waals surface area contributed by atoms with Gasteiger partial charge in [-0.25, -0.2) is 0 Å². The molecule has 1 amide bonds. The van der Waals surface area contributed by atoms with E-state index in [-0.39, 0.29) is 5.91 Å². The molecule has 0 radical (unpaired) electrons. The molecule has 0 atom stereocenters. The highest BCUT2D eigenvalue weighted by atomic mass is 35.5. The Morgan fingerprint density at radius 2 is 2.10 bits per heavy atom. The molecule has 4 heteroatoms. The van der Waals surface area contributed by atoms with Crippen LogP contribution >= 0.6 is 11.6 Å². The van der Waals surface area contributed by atoms with Crippen molar-refractivity contribution in [1.29, 1.82) is 0 Å². The predicted molar refractivity (Wildman–Crippen MR) is 88.8 cm³/mol. The van der Waals surface area contributed by atoms with Gasteiger partial charge in [-0.3, -0.25) is 9.69 Å². The number of hydrogen-bond acceptors (Lipinski definition) is 2. The normalized spacial score (nSPS) is 15.9. The third-order valence-corrected chi connectivity index (χ3v) is 4.40. The van der Waals surface area contributed by atoms with E-state index in [1.807, 2.05) is 12.1 Å². The van der Waals surface area contributed by atoms with E-state index in [0.717, 1.165) is 12.2 Å². The third-order valence-electron chi connectivity index (χ3n) is 4.16. The van der Waals surface area contributed by atoms with E-state index in [4.69, 9.17) is 11.6 Å². The summed E-state index contributed by atoms with van der Waals surface area (Å²) in [7, 11) is 0. The van der Waals surface area contributed by atoms with Gasteiger partial charge >= 0.3 is 0 Å². The molecule has 1 saturated carbocycles. The first-order chi connectivity index (χ1) is 10.1. The molecule has 116 valence electrons. The van der Waals surface area contributed by atoms with Crippen LogP contribution in [0.3, 0.4) is 0 Å². The fraction of sp³-hybridized carbons (Fsp3) is 0.588. The quantitative estimate of drug-likeness (QED) is 0.848. The van der Waals surface area contributed by atoms with Crippen LogP contribution in [0.25, 0.3) is 0 Å². The largest absolute Gasteiger partial charge is 0.326 e. The third kappa shape index (κ3) is 5.01. The van der Waals surface area contributed by atoms with Crippen LogP contribution in [0.1, 0.15) is 46.0 Å². The maximum absolute atomic E-state index is 12.1. The summed E-state index contributed by atoms with van der Waals surface area (Å²) in [6.45, 7) is 5.26. The number of rotatable bonds is 6. The molecular formula is C17H25ClN2O. The first kappa shape index (κ1) is 16.3. The van der Waals surface area contributed by atoms with E-state index in [0.29, 0.717) is 23.5 Å². The van der Waals surface area contributed by atoms with Crippen LogP contribution in [0.2, 0.25) is 5.02 Å². The van der Waals surface area contributed by atoms with Gasteiger partial charge in [0.05, 0.1) is 0 Å². The average Bonchev–Trinajstić information content (AvgIpc) is 2.92. The Kier molecular flexibility index (Phi) is 6.07. The van der Waals surface area contributed by atoms with Crippen molar-refractivity contribution in [1.82, 2.24) is 4.90 Å². The number of nitrogens with one attached hydrogen (secondary N) is 1. The molecule has 1 aromatic rings. The summed E-state index contributed by atoms with van der Waals surface area (Å²) in [6, 6.07) is 8.43. The topological polar surface area (TPSA) is 32.3 Å². The molecule has 1 aromatic carbocycles. The number of carbonyl (C=O) groups is 1. The maximum Gasteiger partial charge on any atom is 0.225 e. The van der Waals surface area contributed by atoms with E-state index < -0.39 is 0 Å². The Bertz CT molecular complexity index is 470. The molecule has 0 unspecified atom stereocenters. The second-order valence-corrected chi connectivity index (χ2v) is 6.51. The van der Waals surface area contributed by atoms with Crippen molar-refractivity contribution in [3.8, 4) is 0 Å². The van der Waals surface area contributed by atoms with Crippen LogP contribution < -0.4 is 5.32 Å². The van der Waals surface area contributed by atoms with Gasteiger partial charge in [-0.15, -0.1) is 0 Å². The Labute approximate surface area is 132 Å². The second-order valence-electron chi connectivity index (χ2n) is 6.08. The molecule has 0 aromatic heterocycles. The predicted octanol–water partition coefficient (Wildman–Crippen LogP) is 4.32. The minimum Gasteiger partial charge on any atom is -0.326 e. The van der Waals surface area contributed by atoms with Crippen molar-refractivity contribution >= 4 is 23.2 Å². The van der Waals surface area contributed by atoms with Gasteiger partial charge < -0.3 is 5.32 Å². The van der Waals surface area contributed by atoms with Crippen LogP contribution in [0.5, 0.6) is 0 Å². The van der Waals surface area contributed by atoms with Crippen LogP contribution in [0.4, 0.5) is 5.69 Å². The number of halogens is 1. The van der Waals surface area contributed by atoms with Gasteiger partial charge in [-0.05, 0) is 44.9 Å². The summed E-state index contributed by atoms with van der Waals surface area (Å²) in [5.74, 6) is 0.0564. The zero-order valence-electron chi connectivity index (χ0n) is 12.9. The molecule has 3 nitrogen and oxygen atoms in total. The van der Waals surface area contributed by atoms with Crippen molar-refractivity contribution in [3.63, 3.8) is 0 Å². The maximum atomic E-state index is 12.1. The number of amides is 1. The lowest BCUT2D eigenvalue weighted by molar-refractivity contribution is -0.116. The molecule has 0 saturated heterocycles. The first-order valence-corrected chi connectivity index (χ1v) is 8.25. The van der Waals surface area contributed by atoms with Gasteiger partial charge in [-0.2, -0.15) is 0 Å². The summed E-state index contributed by atoms with van der Waals surface area (Å²) in [6.07, 6.45) is 5.72. The molecular weight excluding hydrogens is 284 g/mol. The Balaban J connectivity index is 1.84. The van der Waals surface area contributed by atoms with Gasteiger partial charge in [0.15, 0.2) is 0 Å². The smallest absolute Gasteiger partial charge is 0.225 e.